The number of sulfone groups is 1. The Morgan fingerprint density at radius 2 is 2.04 bits per heavy atom. The molecule has 1 unspecified atom stereocenters. The maximum absolute atomic E-state index is 12.4. The lowest BCUT2D eigenvalue weighted by molar-refractivity contribution is 0.102. The van der Waals surface area contributed by atoms with Crippen molar-refractivity contribution in [1.29, 1.82) is 0 Å². The van der Waals surface area contributed by atoms with Gasteiger partial charge in [0.2, 0.25) is 0 Å². The number of aromatic nitrogens is 2. The van der Waals surface area contributed by atoms with Crippen LogP contribution in [0.1, 0.15) is 23.8 Å². The molecule has 1 aromatic heterocycles. The summed E-state index contributed by atoms with van der Waals surface area (Å²) in [6, 6.07) is 10.3. The molecule has 3 rings (SSSR count). The summed E-state index contributed by atoms with van der Waals surface area (Å²) >= 11 is 0. The predicted molar refractivity (Wildman–Crippen MR) is 103 cm³/mol. The van der Waals surface area contributed by atoms with Crippen LogP contribution in [-0.4, -0.2) is 55.7 Å². The van der Waals surface area contributed by atoms with E-state index in [0.29, 0.717) is 30.2 Å². The van der Waals surface area contributed by atoms with Gasteiger partial charge in [0, 0.05) is 12.6 Å². The zero-order valence-corrected chi connectivity index (χ0v) is 16.1. The lowest BCUT2D eigenvalue weighted by Crippen LogP contribution is -2.37. The highest BCUT2D eigenvalue weighted by molar-refractivity contribution is 7.91. The molecule has 27 heavy (non-hydrogen) atoms. The first-order valence-electron chi connectivity index (χ1n) is 8.68. The van der Waals surface area contributed by atoms with Gasteiger partial charge in [0.05, 0.1) is 24.3 Å². The van der Waals surface area contributed by atoms with E-state index < -0.39 is 15.7 Å². The molecule has 8 nitrogen and oxygen atoms in total. The normalized spacial score (nSPS) is 18.1. The van der Waals surface area contributed by atoms with Crippen LogP contribution in [0.4, 0.5) is 11.5 Å². The predicted octanol–water partition coefficient (Wildman–Crippen LogP) is 1.75. The summed E-state index contributed by atoms with van der Waals surface area (Å²) in [4.78, 5) is 14.3. The Hall–Kier alpha value is -2.68. The molecule has 2 aromatic rings. The molecule has 0 aliphatic carbocycles. The van der Waals surface area contributed by atoms with Gasteiger partial charge in [0.15, 0.2) is 21.3 Å². The third kappa shape index (κ3) is 4.36. The molecule has 1 aliphatic heterocycles. The Labute approximate surface area is 158 Å². The van der Waals surface area contributed by atoms with Crippen LogP contribution in [0, 0.1) is 0 Å². The molecule has 1 atom stereocenters. The van der Waals surface area contributed by atoms with Crippen molar-refractivity contribution in [2.24, 2.45) is 0 Å². The van der Waals surface area contributed by atoms with Crippen molar-refractivity contribution < 1.29 is 17.9 Å². The maximum Gasteiger partial charge on any atom is 0.276 e. The molecule has 144 valence electrons. The van der Waals surface area contributed by atoms with Crippen LogP contribution in [0.25, 0.3) is 0 Å². The molecular weight excluding hydrogens is 368 g/mol. The molecule has 0 radical (unpaired) electrons. The molecule has 0 spiro atoms. The zero-order valence-electron chi connectivity index (χ0n) is 15.3. The third-order valence-electron chi connectivity index (χ3n) is 4.52. The summed E-state index contributed by atoms with van der Waals surface area (Å²) in [7, 11) is -1.46. The summed E-state index contributed by atoms with van der Waals surface area (Å²) in [6.45, 7) is 2.55. The molecule has 0 bridgehead atoms. The first-order chi connectivity index (χ1) is 12.9. The highest BCUT2D eigenvalue weighted by Gasteiger charge is 2.32. The molecule has 1 aliphatic rings. The number of anilines is 2. The summed E-state index contributed by atoms with van der Waals surface area (Å²) in [5, 5.41) is 10.9. The van der Waals surface area contributed by atoms with Crippen LogP contribution in [0.2, 0.25) is 0 Å². The number of nitrogens with one attached hydrogen (secondary N) is 1. The highest BCUT2D eigenvalue weighted by atomic mass is 32.2. The number of ether oxygens (including phenoxy) is 1. The third-order valence-corrected chi connectivity index (χ3v) is 6.27. The standard InChI is InChI=1S/C18H22N4O4S/c1-3-22(13-10-11-27(24,25)12-13)17-9-8-15(20-21-17)18(23)19-14-6-4-5-7-16(14)26-2/h4-9,13H,3,10-12H2,1-2H3,(H,19,23). The Balaban J connectivity index is 1.73. The van der Waals surface area contributed by atoms with E-state index in [4.69, 9.17) is 4.74 Å². The fourth-order valence-electron chi connectivity index (χ4n) is 3.16. The van der Waals surface area contributed by atoms with Gasteiger partial charge in [-0.1, -0.05) is 12.1 Å². The SMILES string of the molecule is CCN(c1ccc(C(=O)Nc2ccccc2OC)nn1)C1CCS(=O)(=O)C1. The minimum absolute atomic E-state index is 0.109. The summed E-state index contributed by atoms with van der Waals surface area (Å²) in [5.74, 6) is 1.04. The second kappa shape index (κ2) is 7.91. The monoisotopic (exact) mass is 390 g/mol. The van der Waals surface area contributed by atoms with Gasteiger partial charge >= 0.3 is 0 Å². The first kappa shape index (κ1) is 19.1. The average molecular weight is 390 g/mol. The minimum atomic E-state index is -2.99. The van der Waals surface area contributed by atoms with Crippen LogP contribution in [0.15, 0.2) is 36.4 Å². The average Bonchev–Trinajstić information content (AvgIpc) is 3.03. The number of amides is 1. The fourth-order valence-corrected chi connectivity index (χ4v) is 4.89. The molecule has 1 N–H and O–H groups in total. The van der Waals surface area contributed by atoms with Crippen LogP contribution in [0.5, 0.6) is 5.75 Å². The van der Waals surface area contributed by atoms with Crippen molar-refractivity contribution >= 4 is 27.2 Å². The van der Waals surface area contributed by atoms with E-state index in [9.17, 15) is 13.2 Å². The van der Waals surface area contributed by atoms with E-state index in [0.717, 1.165) is 0 Å². The number of carbonyl (C=O) groups excluding carboxylic acids is 1. The van der Waals surface area contributed by atoms with Gasteiger partial charge in [-0.05, 0) is 37.6 Å². The molecule has 1 fully saturated rings. The molecule has 1 aromatic carbocycles. The van der Waals surface area contributed by atoms with Crippen LogP contribution >= 0.6 is 0 Å². The number of hydrogen-bond acceptors (Lipinski definition) is 7. The van der Waals surface area contributed by atoms with Crippen LogP contribution < -0.4 is 15.0 Å². The first-order valence-corrected chi connectivity index (χ1v) is 10.5. The molecule has 2 heterocycles. The molecule has 1 saturated heterocycles. The van der Waals surface area contributed by atoms with E-state index in [1.54, 1.807) is 30.3 Å². The van der Waals surface area contributed by atoms with Crippen molar-refractivity contribution in [3.8, 4) is 5.75 Å². The Morgan fingerprint density at radius 1 is 1.26 bits per heavy atom. The van der Waals surface area contributed by atoms with E-state index in [1.165, 1.54) is 7.11 Å². The van der Waals surface area contributed by atoms with Crippen molar-refractivity contribution in [2.45, 2.75) is 19.4 Å². The number of rotatable bonds is 6. The van der Waals surface area contributed by atoms with Gasteiger partial charge in [-0.15, -0.1) is 10.2 Å². The van der Waals surface area contributed by atoms with E-state index >= 15 is 0 Å². The van der Waals surface area contributed by atoms with Gasteiger partial charge in [-0.3, -0.25) is 4.79 Å². The quantitative estimate of drug-likeness (QED) is 0.802. The lowest BCUT2D eigenvalue weighted by Gasteiger charge is -2.27. The second-order valence-corrected chi connectivity index (χ2v) is 8.50. The number of benzene rings is 1. The number of hydrogen-bond donors (Lipinski definition) is 1. The van der Waals surface area contributed by atoms with E-state index in [1.807, 2.05) is 17.9 Å². The number of methoxy groups -OCH3 is 1. The van der Waals surface area contributed by atoms with Crippen molar-refractivity contribution in [1.82, 2.24) is 10.2 Å². The summed E-state index contributed by atoms with van der Waals surface area (Å²) in [5.41, 5.74) is 0.710. The maximum atomic E-state index is 12.4. The number of para-hydroxylation sites is 2. The van der Waals surface area contributed by atoms with Crippen LogP contribution in [0.3, 0.4) is 0 Å². The second-order valence-electron chi connectivity index (χ2n) is 6.27. The lowest BCUT2D eigenvalue weighted by atomic mass is 10.2. The Morgan fingerprint density at radius 3 is 2.63 bits per heavy atom. The molecule has 1 amide bonds. The van der Waals surface area contributed by atoms with Gasteiger partial charge in [-0.25, -0.2) is 8.42 Å². The van der Waals surface area contributed by atoms with Crippen molar-refractivity contribution in [3.63, 3.8) is 0 Å². The van der Waals surface area contributed by atoms with Crippen molar-refractivity contribution in [2.75, 3.05) is 35.4 Å². The number of nitrogens with zero attached hydrogens (tertiary/aromatic N) is 3. The van der Waals surface area contributed by atoms with Gasteiger partial charge in [0.1, 0.15) is 5.75 Å². The number of carbonyl (C=O) groups is 1. The van der Waals surface area contributed by atoms with E-state index in [-0.39, 0.29) is 23.2 Å². The van der Waals surface area contributed by atoms with Crippen molar-refractivity contribution in [3.05, 3.63) is 42.1 Å². The largest absolute Gasteiger partial charge is 0.495 e. The van der Waals surface area contributed by atoms with E-state index in [2.05, 4.69) is 15.5 Å². The zero-order chi connectivity index (χ0) is 19.4. The highest BCUT2D eigenvalue weighted by Crippen LogP contribution is 2.24. The topological polar surface area (TPSA) is 101 Å². The minimum Gasteiger partial charge on any atom is -0.495 e. The molecule has 9 heteroatoms. The molecular formula is C18H22N4O4S. The fraction of sp³-hybridized carbons (Fsp3) is 0.389. The smallest absolute Gasteiger partial charge is 0.276 e. The molecule has 0 saturated carbocycles. The van der Waals surface area contributed by atoms with Crippen LogP contribution in [-0.2, 0) is 9.84 Å². The van der Waals surface area contributed by atoms with Gasteiger partial charge in [0.25, 0.3) is 5.91 Å². The Bertz CT molecular complexity index is 915. The summed E-state index contributed by atoms with van der Waals surface area (Å²) < 4.78 is 28.7. The van der Waals surface area contributed by atoms with Gasteiger partial charge < -0.3 is 15.0 Å². The van der Waals surface area contributed by atoms with Gasteiger partial charge in [-0.2, -0.15) is 0 Å². The summed E-state index contributed by atoms with van der Waals surface area (Å²) in [6.07, 6.45) is 0.577. The Kier molecular flexibility index (Phi) is 5.59.